The Morgan fingerprint density at radius 2 is 2.00 bits per heavy atom. The number of hydrogen-bond donors (Lipinski definition) is 3. The lowest BCUT2D eigenvalue weighted by molar-refractivity contribution is -0.125. The molecule has 8 heteroatoms. The average molecular weight is 373 g/mol. The Labute approximate surface area is 156 Å². The minimum atomic E-state index is -0.695. The van der Waals surface area contributed by atoms with Gasteiger partial charge in [0.25, 0.3) is 0 Å². The molecule has 0 fully saturated rings. The Morgan fingerprint density at radius 1 is 1.22 bits per heavy atom. The number of fused-ring (bicyclic) bond motifs is 1. The number of carbonyl (C=O) groups excluding carboxylic acids is 3. The van der Waals surface area contributed by atoms with E-state index >= 15 is 0 Å². The maximum Gasteiger partial charge on any atom is 0.336 e. The van der Waals surface area contributed by atoms with Crippen molar-refractivity contribution in [3.63, 3.8) is 0 Å². The third-order valence-corrected chi connectivity index (χ3v) is 4.06. The van der Waals surface area contributed by atoms with Crippen LogP contribution in [0.15, 0.2) is 33.5 Å². The summed E-state index contributed by atoms with van der Waals surface area (Å²) >= 11 is 0. The monoisotopic (exact) mass is 373 g/mol. The fraction of sp³-hybridized carbons (Fsp3) is 0.368. The molecule has 1 atom stereocenters. The predicted octanol–water partition coefficient (Wildman–Crippen LogP) is 1.46. The smallest absolute Gasteiger partial charge is 0.336 e. The third-order valence-electron chi connectivity index (χ3n) is 4.06. The van der Waals surface area contributed by atoms with Crippen molar-refractivity contribution >= 4 is 34.9 Å². The molecule has 0 aliphatic rings. The zero-order valence-electron chi connectivity index (χ0n) is 15.3. The molecule has 0 saturated heterocycles. The van der Waals surface area contributed by atoms with Crippen LogP contribution in [-0.2, 0) is 14.4 Å². The van der Waals surface area contributed by atoms with Gasteiger partial charge in [0, 0.05) is 36.7 Å². The number of carbonyl (C=O) groups is 3. The predicted molar refractivity (Wildman–Crippen MR) is 101 cm³/mol. The van der Waals surface area contributed by atoms with Gasteiger partial charge in [0.15, 0.2) is 0 Å². The number of nitrogens with one attached hydrogen (secondary N) is 3. The van der Waals surface area contributed by atoms with E-state index in [1.165, 1.54) is 13.0 Å². The van der Waals surface area contributed by atoms with Crippen molar-refractivity contribution in [3.8, 4) is 0 Å². The van der Waals surface area contributed by atoms with Crippen LogP contribution in [0.4, 0.5) is 5.69 Å². The number of unbranched alkanes of at least 4 members (excludes halogenated alkanes) is 1. The third kappa shape index (κ3) is 5.95. The molecule has 1 aromatic heterocycles. The molecular formula is C19H23N3O5. The number of benzene rings is 1. The van der Waals surface area contributed by atoms with E-state index in [1.807, 2.05) is 6.92 Å². The molecule has 8 nitrogen and oxygen atoms in total. The zero-order valence-corrected chi connectivity index (χ0v) is 15.3. The van der Waals surface area contributed by atoms with Gasteiger partial charge in [-0.1, -0.05) is 0 Å². The van der Waals surface area contributed by atoms with E-state index in [4.69, 9.17) is 4.42 Å². The Hall–Kier alpha value is -3.16. The lowest BCUT2D eigenvalue weighted by Gasteiger charge is -2.17. The number of rotatable bonds is 9. The molecule has 0 bridgehead atoms. The molecule has 1 aromatic carbocycles. The first-order valence-electron chi connectivity index (χ1n) is 8.70. The summed E-state index contributed by atoms with van der Waals surface area (Å²) < 4.78 is 5.18. The standard InChI is InChI=1S/C19H23N3O5/c1-12-9-18(25)27-17-10-14(6-7-15(12)17)22-19(26)16(21-13(2)24)5-3-4-8-20-11-23/h6-7,9-11,16H,3-5,8H2,1-2H3,(H,20,23)(H,21,24)(H,22,26). The number of hydrogen-bond acceptors (Lipinski definition) is 5. The Balaban J connectivity index is 2.08. The number of anilines is 1. The van der Waals surface area contributed by atoms with E-state index in [9.17, 15) is 19.2 Å². The van der Waals surface area contributed by atoms with Crippen molar-refractivity contribution in [3.05, 3.63) is 40.2 Å². The molecule has 1 unspecified atom stereocenters. The van der Waals surface area contributed by atoms with Crippen molar-refractivity contribution in [1.82, 2.24) is 10.6 Å². The van der Waals surface area contributed by atoms with Crippen LogP contribution in [0, 0.1) is 6.92 Å². The van der Waals surface area contributed by atoms with E-state index < -0.39 is 11.7 Å². The number of amides is 3. The molecule has 0 radical (unpaired) electrons. The molecule has 144 valence electrons. The minimum absolute atomic E-state index is 0.304. The quantitative estimate of drug-likeness (QED) is 0.349. The highest BCUT2D eigenvalue weighted by Crippen LogP contribution is 2.21. The summed E-state index contributed by atoms with van der Waals surface area (Å²) in [6.07, 6.45) is 2.42. The molecule has 2 rings (SSSR count). The van der Waals surface area contributed by atoms with Crippen molar-refractivity contribution in [2.24, 2.45) is 0 Å². The highest BCUT2D eigenvalue weighted by molar-refractivity contribution is 5.98. The Kier molecular flexibility index (Phi) is 7.10. The van der Waals surface area contributed by atoms with Gasteiger partial charge >= 0.3 is 5.63 Å². The second-order valence-electron chi connectivity index (χ2n) is 6.27. The van der Waals surface area contributed by atoms with Crippen molar-refractivity contribution in [2.45, 2.75) is 39.2 Å². The first kappa shape index (κ1) is 20.2. The minimum Gasteiger partial charge on any atom is -0.423 e. The first-order chi connectivity index (χ1) is 12.9. The molecule has 3 amide bonds. The van der Waals surface area contributed by atoms with Crippen molar-refractivity contribution in [1.29, 1.82) is 0 Å². The molecule has 0 spiro atoms. The van der Waals surface area contributed by atoms with E-state index in [2.05, 4.69) is 16.0 Å². The highest BCUT2D eigenvalue weighted by Gasteiger charge is 2.19. The topological polar surface area (TPSA) is 118 Å². The normalized spacial score (nSPS) is 11.6. The first-order valence-corrected chi connectivity index (χ1v) is 8.70. The van der Waals surface area contributed by atoms with E-state index in [1.54, 1.807) is 18.2 Å². The van der Waals surface area contributed by atoms with Gasteiger partial charge in [-0.3, -0.25) is 14.4 Å². The van der Waals surface area contributed by atoms with Gasteiger partial charge in [0.05, 0.1) is 0 Å². The van der Waals surface area contributed by atoms with Crippen molar-refractivity contribution in [2.75, 3.05) is 11.9 Å². The van der Waals surface area contributed by atoms with Gasteiger partial charge in [-0.2, -0.15) is 0 Å². The van der Waals surface area contributed by atoms with Crippen LogP contribution >= 0.6 is 0 Å². The maximum atomic E-state index is 12.5. The maximum absolute atomic E-state index is 12.5. The SMILES string of the molecule is CC(=O)NC(CCCCNC=O)C(=O)Nc1ccc2c(C)cc(=O)oc2c1. The van der Waals surface area contributed by atoms with Gasteiger partial charge in [-0.25, -0.2) is 4.79 Å². The largest absolute Gasteiger partial charge is 0.423 e. The highest BCUT2D eigenvalue weighted by atomic mass is 16.4. The van der Waals surface area contributed by atoms with Gasteiger partial charge in [-0.15, -0.1) is 0 Å². The van der Waals surface area contributed by atoms with Gasteiger partial charge in [0.2, 0.25) is 18.2 Å². The van der Waals surface area contributed by atoms with E-state index in [0.29, 0.717) is 43.5 Å². The van der Waals surface area contributed by atoms with Crippen LogP contribution in [0.25, 0.3) is 11.0 Å². The average Bonchev–Trinajstić information content (AvgIpc) is 2.59. The summed E-state index contributed by atoms with van der Waals surface area (Å²) in [4.78, 5) is 45.7. The van der Waals surface area contributed by atoms with Gasteiger partial charge in [-0.05, 0) is 43.9 Å². The Morgan fingerprint density at radius 3 is 2.70 bits per heavy atom. The lowest BCUT2D eigenvalue weighted by atomic mass is 10.1. The fourth-order valence-electron chi connectivity index (χ4n) is 2.78. The van der Waals surface area contributed by atoms with Crippen LogP contribution < -0.4 is 21.6 Å². The molecule has 1 heterocycles. The molecular weight excluding hydrogens is 350 g/mol. The summed E-state index contributed by atoms with van der Waals surface area (Å²) in [6.45, 7) is 3.67. The van der Waals surface area contributed by atoms with Crippen LogP contribution in [0.5, 0.6) is 0 Å². The van der Waals surface area contributed by atoms with Crippen LogP contribution in [0.2, 0.25) is 0 Å². The summed E-state index contributed by atoms with van der Waals surface area (Å²) in [6, 6.07) is 5.78. The van der Waals surface area contributed by atoms with Crippen LogP contribution in [0.1, 0.15) is 31.7 Å². The van der Waals surface area contributed by atoms with E-state index in [-0.39, 0.29) is 11.8 Å². The van der Waals surface area contributed by atoms with E-state index in [0.717, 1.165) is 10.9 Å². The second-order valence-corrected chi connectivity index (χ2v) is 6.27. The van der Waals surface area contributed by atoms with Gasteiger partial charge in [0.1, 0.15) is 11.6 Å². The van der Waals surface area contributed by atoms with Crippen LogP contribution in [-0.4, -0.2) is 30.8 Å². The molecule has 0 saturated carbocycles. The Bertz CT molecular complexity index is 891. The molecule has 0 aliphatic heterocycles. The molecule has 0 aliphatic carbocycles. The summed E-state index contributed by atoms with van der Waals surface area (Å²) in [5.41, 5.74) is 1.19. The second kappa shape index (κ2) is 9.51. The number of aryl methyl sites for hydroxylation is 1. The summed E-state index contributed by atoms with van der Waals surface area (Å²) in [5.74, 6) is -0.663. The van der Waals surface area contributed by atoms with Crippen LogP contribution in [0.3, 0.4) is 0 Å². The lowest BCUT2D eigenvalue weighted by Crippen LogP contribution is -2.42. The van der Waals surface area contributed by atoms with Gasteiger partial charge < -0.3 is 20.4 Å². The molecule has 2 aromatic rings. The van der Waals surface area contributed by atoms with Crippen molar-refractivity contribution < 1.29 is 18.8 Å². The zero-order chi connectivity index (χ0) is 19.8. The summed E-state index contributed by atoms with van der Waals surface area (Å²) in [5, 5.41) is 8.71. The molecule has 27 heavy (non-hydrogen) atoms. The summed E-state index contributed by atoms with van der Waals surface area (Å²) in [7, 11) is 0. The molecule has 3 N–H and O–H groups in total. The fourth-order valence-corrected chi connectivity index (χ4v) is 2.78.